The fraction of sp³-hybridized carbons (Fsp3) is 0.176. The smallest absolute Gasteiger partial charge is 0.259 e. The van der Waals surface area contributed by atoms with Crippen LogP contribution in [-0.4, -0.2) is 27.9 Å². The van der Waals surface area contributed by atoms with Crippen LogP contribution < -0.4 is 10.6 Å². The highest BCUT2D eigenvalue weighted by atomic mass is 32.1. The monoisotopic (exact) mass is 359 g/mol. The van der Waals surface area contributed by atoms with E-state index in [2.05, 4.69) is 15.0 Å². The Balaban J connectivity index is 0.00000109. The zero-order valence-corrected chi connectivity index (χ0v) is 14.9. The Bertz CT molecular complexity index is 850. The molecule has 6 nitrogen and oxygen atoms in total. The van der Waals surface area contributed by atoms with Crippen molar-refractivity contribution >= 4 is 28.2 Å². The molecule has 0 bridgehead atoms. The van der Waals surface area contributed by atoms with Crippen LogP contribution in [0.4, 0.5) is 15.3 Å². The highest BCUT2D eigenvalue weighted by Crippen LogP contribution is 2.27. The topological polar surface area (TPSA) is 85.0 Å². The lowest BCUT2D eigenvalue weighted by atomic mass is 10.2. The van der Waals surface area contributed by atoms with Crippen LogP contribution in [-0.2, 0) is 0 Å². The molecule has 2 heterocycles. The third kappa shape index (κ3) is 4.36. The van der Waals surface area contributed by atoms with Gasteiger partial charge in [-0.05, 0) is 24.3 Å². The summed E-state index contributed by atoms with van der Waals surface area (Å²) in [6.45, 7) is 4.00. The number of halogens is 1. The predicted octanol–water partition coefficient (Wildman–Crippen LogP) is 3.62. The van der Waals surface area contributed by atoms with Gasteiger partial charge in [0.2, 0.25) is 0 Å². The van der Waals surface area contributed by atoms with Gasteiger partial charge in [-0.3, -0.25) is 9.69 Å². The molecule has 0 aliphatic carbocycles. The van der Waals surface area contributed by atoms with Crippen LogP contribution in [0.15, 0.2) is 42.0 Å². The Labute approximate surface area is 149 Å². The maximum Gasteiger partial charge on any atom is 0.259 e. The van der Waals surface area contributed by atoms with Crippen LogP contribution >= 0.6 is 11.3 Å². The van der Waals surface area contributed by atoms with Gasteiger partial charge in [0.15, 0.2) is 5.13 Å². The van der Waals surface area contributed by atoms with E-state index in [0.717, 1.165) is 0 Å². The van der Waals surface area contributed by atoms with Crippen LogP contribution in [0, 0.1) is 5.82 Å². The Kier molecular flexibility index (Phi) is 6.13. The quantitative estimate of drug-likeness (QED) is 0.772. The lowest BCUT2D eigenvalue weighted by Gasteiger charge is -2.13. The molecule has 0 radical (unpaired) electrons. The number of nitrogens with zero attached hydrogens (tertiary/aromatic N) is 4. The van der Waals surface area contributed by atoms with Crippen molar-refractivity contribution in [1.82, 2.24) is 15.0 Å². The Morgan fingerprint density at radius 2 is 1.84 bits per heavy atom. The van der Waals surface area contributed by atoms with Gasteiger partial charge in [-0.1, -0.05) is 13.8 Å². The first-order valence-corrected chi connectivity index (χ1v) is 8.49. The second kappa shape index (κ2) is 8.29. The van der Waals surface area contributed by atoms with Crippen molar-refractivity contribution in [2.45, 2.75) is 13.8 Å². The number of hydrogen-bond donors (Lipinski definition) is 1. The second-order valence-electron chi connectivity index (χ2n) is 4.71. The Hall–Kier alpha value is -2.87. The molecule has 3 aromatic rings. The van der Waals surface area contributed by atoms with Crippen molar-refractivity contribution in [3.05, 3.63) is 53.4 Å². The van der Waals surface area contributed by atoms with Crippen molar-refractivity contribution in [3.63, 3.8) is 0 Å². The van der Waals surface area contributed by atoms with E-state index in [1.165, 1.54) is 46.8 Å². The van der Waals surface area contributed by atoms with Crippen molar-refractivity contribution in [2.24, 2.45) is 0 Å². The molecule has 0 spiro atoms. The van der Waals surface area contributed by atoms with Gasteiger partial charge in [-0.15, -0.1) is 11.3 Å². The van der Waals surface area contributed by atoms with Gasteiger partial charge in [0.25, 0.3) is 5.91 Å². The number of thiazole rings is 1. The normalized spacial score (nSPS) is 9.92. The SMILES string of the molecule is CC.CN(C(=O)c1ccc(F)cc1)c1nc(-c2cc(N)ncn2)cs1. The van der Waals surface area contributed by atoms with Gasteiger partial charge in [0.1, 0.15) is 23.7 Å². The summed E-state index contributed by atoms with van der Waals surface area (Å²) in [5.41, 5.74) is 7.21. The molecule has 0 unspecified atom stereocenters. The number of rotatable bonds is 3. The van der Waals surface area contributed by atoms with Gasteiger partial charge in [0, 0.05) is 24.1 Å². The zero-order valence-electron chi connectivity index (χ0n) is 14.1. The van der Waals surface area contributed by atoms with E-state index in [0.29, 0.717) is 27.9 Å². The molecule has 0 saturated heterocycles. The fourth-order valence-electron chi connectivity index (χ4n) is 1.92. The van der Waals surface area contributed by atoms with Crippen LogP contribution in [0.25, 0.3) is 11.4 Å². The van der Waals surface area contributed by atoms with Crippen LogP contribution in [0.3, 0.4) is 0 Å². The zero-order chi connectivity index (χ0) is 18.4. The molecule has 8 heteroatoms. The van der Waals surface area contributed by atoms with Gasteiger partial charge < -0.3 is 5.73 Å². The Morgan fingerprint density at radius 3 is 2.48 bits per heavy atom. The second-order valence-corrected chi connectivity index (χ2v) is 5.55. The number of nitrogens with two attached hydrogens (primary N) is 1. The minimum absolute atomic E-state index is 0.270. The highest BCUT2D eigenvalue weighted by molar-refractivity contribution is 7.14. The molecule has 1 aromatic carbocycles. The van der Waals surface area contributed by atoms with E-state index in [1.807, 2.05) is 13.8 Å². The maximum absolute atomic E-state index is 12.9. The van der Waals surface area contributed by atoms with E-state index in [4.69, 9.17) is 5.73 Å². The lowest BCUT2D eigenvalue weighted by Crippen LogP contribution is -2.26. The number of nitrogen functional groups attached to an aromatic ring is 1. The van der Waals surface area contributed by atoms with Crippen molar-refractivity contribution in [2.75, 3.05) is 17.7 Å². The number of aromatic nitrogens is 3. The number of hydrogen-bond acceptors (Lipinski definition) is 6. The number of amides is 1. The minimum atomic E-state index is -0.387. The summed E-state index contributed by atoms with van der Waals surface area (Å²) in [6.07, 6.45) is 1.36. The van der Waals surface area contributed by atoms with Crippen molar-refractivity contribution in [3.8, 4) is 11.4 Å². The molecular weight excluding hydrogens is 341 g/mol. The first-order chi connectivity index (χ1) is 12.0. The van der Waals surface area contributed by atoms with Crippen LogP contribution in [0.5, 0.6) is 0 Å². The molecular formula is C17H18FN5OS. The summed E-state index contributed by atoms with van der Waals surface area (Å²) in [5, 5.41) is 2.29. The summed E-state index contributed by atoms with van der Waals surface area (Å²) in [6, 6.07) is 6.98. The molecule has 0 saturated carbocycles. The summed E-state index contributed by atoms with van der Waals surface area (Å²) in [5.74, 6) is -0.310. The molecule has 0 fully saturated rings. The van der Waals surface area contributed by atoms with Gasteiger partial charge in [-0.25, -0.2) is 19.3 Å². The number of carbonyl (C=O) groups is 1. The molecule has 3 rings (SSSR count). The minimum Gasteiger partial charge on any atom is -0.384 e. The lowest BCUT2D eigenvalue weighted by molar-refractivity contribution is 0.0993. The maximum atomic E-state index is 12.9. The van der Waals surface area contributed by atoms with E-state index < -0.39 is 0 Å². The van der Waals surface area contributed by atoms with Gasteiger partial charge >= 0.3 is 0 Å². The Morgan fingerprint density at radius 1 is 1.16 bits per heavy atom. The van der Waals surface area contributed by atoms with Crippen LogP contribution in [0.2, 0.25) is 0 Å². The summed E-state index contributed by atoms with van der Waals surface area (Å²) in [4.78, 5) is 26.1. The largest absolute Gasteiger partial charge is 0.384 e. The predicted molar refractivity (Wildman–Crippen MR) is 98.0 cm³/mol. The third-order valence-corrected chi connectivity index (χ3v) is 4.04. The highest BCUT2D eigenvalue weighted by Gasteiger charge is 2.17. The number of anilines is 2. The van der Waals surface area contributed by atoms with Gasteiger partial charge in [-0.2, -0.15) is 0 Å². The van der Waals surface area contributed by atoms with E-state index in [9.17, 15) is 9.18 Å². The molecule has 0 atom stereocenters. The van der Waals surface area contributed by atoms with Gasteiger partial charge in [0.05, 0.1) is 5.69 Å². The average molecular weight is 359 g/mol. The average Bonchev–Trinajstić information content (AvgIpc) is 3.13. The number of carbonyl (C=O) groups excluding carboxylic acids is 1. The molecule has 2 N–H and O–H groups in total. The molecule has 0 aliphatic rings. The molecule has 1 amide bonds. The van der Waals surface area contributed by atoms with Crippen molar-refractivity contribution in [1.29, 1.82) is 0 Å². The number of benzene rings is 1. The van der Waals surface area contributed by atoms with E-state index >= 15 is 0 Å². The molecule has 2 aromatic heterocycles. The van der Waals surface area contributed by atoms with E-state index in [-0.39, 0.29) is 11.7 Å². The first-order valence-electron chi connectivity index (χ1n) is 7.61. The third-order valence-electron chi connectivity index (χ3n) is 3.13. The molecule has 25 heavy (non-hydrogen) atoms. The first kappa shape index (κ1) is 18.5. The summed E-state index contributed by atoms with van der Waals surface area (Å²) < 4.78 is 12.9. The standard InChI is InChI=1S/C15H12FN5OS.C2H6/c1-21(14(22)9-2-4-10(16)5-3-9)15-20-12(7-23-15)11-6-13(17)19-8-18-11;1-2/h2-8H,1H3,(H2,17,18,19);1-2H3. The molecule has 130 valence electrons. The fourth-order valence-corrected chi connectivity index (χ4v) is 2.70. The van der Waals surface area contributed by atoms with E-state index in [1.54, 1.807) is 18.5 Å². The molecule has 0 aliphatic heterocycles. The summed E-state index contributed by atoms with van der Waals surface area (Å²) >= 11 is 1.30. The van der Waals surface area contributed by atoms with Crippen molar-refractivity contribution < 1.29 is 9.18 Å². The summed E-state index contributed by atoms with van der Waals surface area (Å²) in [7, 11) is 1.61. The van der Waals surface area contributed by atoms with Crippen LogP contribution in [0.1, 0.15) is 24.2 Å².